The maximum Gasteiger partial charge on any atom is 0.347 e. The van der Waals surface area contributed by atoms with E-state index in [-0.39, 0.29) is 17.5 Å². The average Bonchev–Trinajstić information content (AvgIpc) is 2.63. The molecule has 4 unspecified atom stereocenters. The summed E-state index contributed by atoms with van der Waals surface area (Å²) in [5.74, 6) is -1.60. The van der Waals surface area contributed by atoms with Gasteiger partial charge in [-0.05, 0) is 33.6 Å². The van der Waals surface area contributed by atoms with Crippen molar-refractivity contribution in [2.45, 2.75) is 57.8 Å². The molecule has 2 bridgehead atoms. The minimum Gasteiger partial charge on any atom is -0.455 e. The molecule has 1 aliphatic carbocycles. The third-order valence-electron chi connectivity index (χ3n) is 4.00. The van der Waals surface area contributed by atoms with Gasteiger partial charge >= 0.3 is 17.9 Å². The van der Waals surface area contributed by atoms with Gasteiger partial charge in [0, 0.05) is 12.0 Å². The van der Waals surface area contributed by atoms with E-state index in [0.717, 1.165) is 0 Å². The highest BCUT2D eigenvalue weighted by atomic mass is 16.6. The number of hydrogen-bond acceptors (Lipinski definition) is 6. The highest BCUT2D eigenvalue weighted by Gasteiger charge is 2.54. The van der Waals surface area contributed by atoms with E-state index in [9.17, 15) is 14.4 Å². The van der Waals surface area contributed by atoms with E-state index in [1.165, 1.54) is 13.8 Å². The van der Waals surface area contributed by atoms with E-state index in [2.05, 4.69) is 6.58 Å². The molecule has 2 fully saturated rings. The molecule has 1 heterocycles. The summed E-state index contributed by atoms with van der Waals surface area (Å²) in [6.07, 6.45) is 0.252. The summed E-state index contributed by atoms with van der Waals surface area (Å²) in [5, 5.41) is 0. The van der Waals surface area contributed by atoms with Crippen LogP contribution in [-0.4, -0.2) is 35.7 Å². The molecule has 0 aromatic heterocycles. The summed E-state index contributed by atoms with van der Waals surface area (Å²) in [6, 6.07) is 0. The predicted molar refractivity (Wildman–Crippen MR) is 72.1 cm³/mol. The maximum absolute atomic E-state index is 12.0. The molecule has 0 amide bonds. The topological polar surface area (TPSA) is 78.9 Å². The second-order valence-corrected chi connectivity index (χ2v) is 5.97. The minimum absolute atomic E-state index is 0.0939. The lowest BCUT2D eigenvalue weighted by Crippen LogP contribution is -2.45. The van der Waals surface area contributed by atoms with Crippen molar-refractivity contribution >= 4 is 17.9 Å². The van der Waals surface area contributed by atoms with Gasteiger partial charge in [-0.25, -0.2) is 9.59 Å². The van der Waals surface area contributed by atoms with Crippen molar-refractivity contribution in [3.63, 3.8) is 0 Å². The van der Waals surface area contributed by atoms with E-state index in [0.29, 0.717) is 19.3 Å². The molecule has 1 saturated heterocycles. The van der Waals surface area contributed by atoms with Crippen molar-refractivity contribution in [1.82, 2.24) is 0 Å². The Kier molecular flexibility index (Phi) is 4.07. The van der Waals surface area contributed by atoms with Crippen LogP contribution in [0.3, 0.4) is 0 Å². The molecule has 6 nitrogen and oxygen atoms in total. The van der Waals surface area contributed by atoms with Gasteiger partial charge in [0.25, 0.3) is 0 Å². The minimum atomic E-state index is -1.02. The van der Waals surface area contributed by atoms with Crippen LogP contribution in [0.4, 0.5) is 0 Å². The van der Waals surface area contributed by atoms with E-state index in [4.69, 9.17) is 14.2 Å². The van der Waals surface area contributed by atoms with Gasteiger partial charge in [-0.15, -0.1) is 0 Å². The van der Waals surface area contributed by atoms with Gasteiger partial charge in [-0.3, -0.25) is 4.79 Å². The first-order valence-electron chi connectivity index (χ1n) is 7.03. The van der Waals surface area contributed by atoms with Crippen LogP contribution < -0.4 is 0 Å². The molecule has 1 aliphatic heterocycles. The van der Waals surface area contributed by atoms with Crippen molar-refractivity contribution in [1.29, 1.82) is 0 Å². The largest absolute Gasteiger partial charge is 0.455 e. The number of hydrogen-bond donors (Lipinski definition) is 0. The molecule has 0 spiro atoms. The normalized spacial score (nSPS) is 32.0. The summed E-state index contributed by atoms with van der Waals surface area (Å²) in [4.78, 5) is 35.0. The summed E-state index contributed by atoms with van der Waals surface area (Å²) in [5.41, 5.74) is -0.555. The van der Waals surface area contributed by atoms with E-state index >= 15 is 0 Å². The first kappa shape index (κ1) is 15.5. The van der Waals surface area contributed by atoms with E-state index < -0.39 is 29.7 Å². The van der Waals surface area contributed by atoms with Crippen molar-refractivity contribution in [2.75, 3.05) is 0 Å². The van der Waals surface area contributed by atoms with Gasteiger partial charge in [0.2, 0.25) is 0 Å². The Morgan fingerprint density at radius 2 is 2.10 bits per heavy atom. The number of ether oxygens (including phenoxy) is 3. The molecule has 0 aromatic carbocycles. The van der Waals surface area contributed by atoms with Gasteiger partial charge in [0.1, 0.15) is 11.7 Å². The van der Waals surface area contributed by atoms with Crippen LogP contribution in [-0.2, 0) is 28.6 Å². The van der Waals surface area contributed by atoms with Gasteiger partial charge in [-0.1, -0.05) is 6.58 Å². The Balaban J connectivity index is 1.95. The highest BCUT2D eigenvalue weighted by molar-refractivity contribution is 5.89. The Morgan fingerprint density at radius 3 is 2.71 bits per heavy atom. The summed E-state index contributed by atoms with van der Waals surface area (Å²) >= 11 is 0. The molecule has 4 atom stereocenters. The van der Waals surface area contributed by atoms with Crippen molar-refractivity contribution in [3.8, 4) is 0 Å². The first-order valence-corrected chi connectivity index (χ1v) is 7.03. The molecular weight excluding hydrogens is 276 g/mol. The Morgan fingerprint density at radius 1 is 1.43 bits per heavy atom. The standard InChI is InChI=1S/C15H20O6/c1-8(2)12(16)19-9(3)13(17)20-11-6-5-10-7-15(11,4)21-14(10)18/h9-11H,1,5-7H2,2-4H3. The molecule has 6 heteroatoms. The van der Waals surface area contributed by atoms with Gasteiger partial charge < -0.3 is 14.2 Å². The molecule has 21 heavy (non-hydrogen) atoms. The Bertz CT molecular complexity index is 496. The molecule has 1 saturated carbocycles. The van der Waals surface area contributed by atoms with Crippen LogP contribution >= 0.6 is 0 Å². The Labute approximate surface area is 123 Å². The van der Waals surface area contributed by atoms with Crippen LogP contribution in [0.2, 0.25) is 0 Å². The molecule has 116 valence electrons. The number of carbonyl (C=O) groups is 3. The van der Waals surface area contributed by atoms with Gasteiger partial charge in [0.05, 0.1) is 5.92 Å². The lowest BCUT2D eigenvalue weighted by atomic mass is 9.80. The fourth-order valence-electron chi connectivity index (χ4n) is 2.73. The maximum atomic E-state index is 12.0. The second kappa shape index (κ2) is 5.50. The lowest BCUT2D eigenvalue weighted by molar-refractivity contribution is -0.183. The average molecular weight is 296 g/mol. The number of fused-ring (bicyclic) bond motifs is 2. The molecule has 2 aliphatic rings. The molecule has 0 N–H and O–H groups in total. The third-order valence-corrected chi connectivity index (χ3v) is 4.00. The van der Waals surface area contributed by atoms with E-state index in [1.54, 1.807) is 6.92 Å². The zero-order valence-corrected chi connectivity index (χ0v) is 12.5. The zero-order valence-electron chi connectivity index (χ0n) is 12.5. The van der Waals surface area contributed by atoms with Crippen molar-refractivity contribution < 1.29 is 28.6 Å². The zero-order chi connectivity index (χ0) is 15.8. The number of rotatable bonds is 4. The quantitative estimate of drug-likeness (QED) is 0.444. The van der Waals surface area contributed by atoms with Crippen LogP contribution in [0, 0.1) is 5.92 Å². The van der Waals surface area contributed by atoms with Crippen LogP contribution in [0.5, 0.6) is 0 Å². The highest BCUT2D eigenvalue weighted by Crippen LogP contribution is 2.43. The number of esters is 3. The summed E-state index contributed by atoms with van der Waals surface area (Å²) in [6.45, 7) is 8.16. The first-order chi connectivity index (χ1) is 9.73. The lowest BCUT2D eigenvalue weighted by Gasteiger charge is -2.34. The number of carbonyl (C=O) groups excluding carboxylic acids is 3. The second-order valence-electron chi connectivity index (χ2n) is 5.97. The van der Waals surface area contributed by atoms with E-state index in [1.807, 2.05) is 0 Å². The third kappa shape index (κ3) is 3.09. The fraction of sp³-hybridized carbons (Fsp3) is 0.667. The molecule has 0 aromatic rings. The summed E-state index contributed by atoms with van der Waals surface area (Å²) in [7, 11) is 0. The van der Waals surface area contributed by atoms with Crippen LogP contribution in [0.15, 0.2) is 12.2 Å². The fourth-order valence-corrected chi connectivity index (χ4v) is 2.73. The van der Waals surface area contributed by atoms with Gasteiger partial charge in [-0.2, -0.15) is 0 Å². The smallest absolute Gasteiger partial charge is 0.347 e. The monoisotopic (exact) mass is 296 g/mol. The summed E-state index contributed by atoms with van der Waals surface area (Å²) < 4.78 is 15.7. The van der Waals surface area contributed by atoms with Gasteiger partial charge in [0.15, 0.2) is 6.10 Å². The van der Waals surface area contributed by atoms with Crippen LogP contribution in [0.25, 0.3) is 0 Å². The molecule has 2 rings (SSSR count). The SMILES string of the molecule is C=C(C)C(=O)OC(C)C(=O)OC1CCC2CC1(C)OC2=O. The van der Waals surface area contributed by atoms with Crippen LogP contribution in [0.1, 0.15) is 40.0 Å². The predicted octanol–water partition coefficient (Wildman–Crippen LogP) is 1.52. The molecular formula is C15H20O6. The van der Waals surface area contributed by atoms with Crippen molar-refractivity contribution in [3.05, 3.63) is 12.2 Å². The Hall–Kier alpha value is -1.85. The molecule has 0 radical (unpaired) electrons. The van der Waals surface area contributed by atoms with Crippen molar-refractivity contribution in [2.24, 2.45) is 5.92 Å².